The molecule has 2 aromatic rings. The molecule has 1 fully saturated rings. The number of methoxy groups -OCH3 is 1. The van der Waals surface area contributed by atoms with Crippen molar-refractivity contribution >= 4 is 17.5 Å². The Kier molecular flexibility index (Phi) is 5.55. The summed E-state index contributed by atoms with van der Waals surface area (Å²) in [6.07, 6.45) is 5.15. The van der Waals surface area contributed by atoms with Crippen LogP contribution in [0.1, 0.15) is 25.6 Å². The number of carbonyl (C=O) groups excluding carboxylic acids is 2. The van der Waals surface area contributed by atoms with E-state index in [0.29, 0.717) is 31.7 Å². The molecule has 7 heteroatoms. The van der Waals surface area contributed by atoms with Crippen molar-refractivity contribution in [3.63, 3.8) is 0 Å². The minimum atomic E-state index is -0.172. The Morgan fingerprint density at radius 2 is 2.27 bits per heavy atom. The van der Waals surface area contributed by atoms with Gasteiger partial charge in [0.1, 0.15) is 11.6 Å². The van der Waals surface area contributed by atoms with Crippen molar-refractivity contribution in [2.24, 2.45) is 0 Å². The van der Waals surface area contributed by atoms with E-state index in [2.05, 4.69) is 10.3 Å². The fourth-order valence-corrected chi connectivity index (χ4v) is 3.21. The third-order valence-corrected chi connectivity index (χ3v) is 4.55. The van der Waals surface area contributed by atoms with Crippen molar-refractivity contribution in [3.05, 3.63) is 42.5 Å². The lowest BCUT2D eigenvalue weighted by atomic mass is 10.2. The van der Waals surface area contributed by atoms with Crippen LogP contribution < -0.4 is 15.0 Å². The molecule has 1 aromatic heterocycles. The van der Waals surface area contributed by atoms with Crippen LogP contribution in [0.3, 0.4) is 0 Å². The second kappa shape index (κ2) is 8.03. The summed E-state index contributed by atoms with van der Waals surface area (Å²) in [5, 5.41) is 2.97. The first-order chi connectivity index (χ1) is 12.6. The zero-order valence-corrected chi connectivity index (χ0v) is 15.1. The standard InChI is InChI=1S/C19H24N4O3/c1-3-17-20-8-10-22(17)9-7-18(24)21-14-11-19(25)23(13-14)15-5-4-6-16(12-15)26-2/h4-6,8,10,12,14H,3,7,9,11,13H2,1-2H3,(H,21,24)/t14-/m1/s1. The lowest BCUT2D eigenvalue weighted by Gasteiger charge is -2.18. The van der Waals surface area contributed by atoms with Crippen molar-refractivity contribution in [3.8, 4) is 5.75 Å². The van der Waals surface area contributed by atoms with Crippen LogP contribution in [-0.2, 0) is 22.6 Å². The molecule has 0 aliphatic carbocycles. The average molecular weight is 356 g/mol. The molecule has 1 saturated heterocycles. The molecule has 0 saturated carbocycles. The topological polar surface area (TPSA) is 76.5 Å². The van der Waals surface area contributed by atoms with Crippen LogP contribution in [0.2, 0.25) is 0 Å². The Morgan fingerprint density at radius 1 is 1.42 bits per heavy atom. The lowest BCUT2D eigenvalue weighted by Crippen LogP contribution is -2.37. The highest BCUT2D eigenvalue weighted by molar-refractivity contribution is 5.97. The summed E-state index contributed by atoms with van der Waals surface area (Å²) in [5.41, 5.74) is 0.789. The van der Waals surface area contributed by atoms with Crippen molar-refractivity contribution < 1.29 is 14.3 Å². The van der Waals surface area contributed by atoms with Gasteiger partial charge >= 0.3 is 0 Å². The van der Waals surface area contributed by atoms with Gasteiger partial charge in [0, 0.05) is 56.5 Å². The van der Waals surface area contributed by atoms with Gasteiger partial charge in [-0.1, -0.05) is 13.0 Å². The van der Waals surface area contributed by atoms with Crippen LogP contribution in [-0.4, -0.2) is 41.1 Å². The molecule has 0 unspecified atom stereocenters. The number of nitrogens with one attached hydrogen (secondary N) is 1. The van der Waals surface area contributed by atoms with Crippen molar-refractivity contribution in [1.29, 1.82) is 0 Å². The number of imidazole rings is 1. The Labute approximate surface area is 153 Å². The number of anilines is 1. The van der Waals surface area contributed by atoms with E-state index in [0.717, 1.165) is 17.9 Å². The quantitative estimate of drug-likeness (QED) is 0.820. The van der Waals surface area contributed by atoms with Gasteiger partial charge in [-0.3, -0.25) is 9.59 Å². The minimum absolute atomic E-state index is 0.00596. The average Bonchev–Trinajstić information content (AvgIpc) is 3.25. The zero-order chi connectivity index (χ0) is 18.5. The van der Waals surface area contributed by atoms with E-state index < -0.39 is 0 Å². The van der Waals surface area contributed by atoms with Gasteiger partial charge in [0.05, 0.1) is 13.2 Å². The van der Waals surface area contributed by atoms with E-state index in [9.17, 15) is 9.59 Å². The minimum Gasteiger partial charge on any atom is -0.497 e. The van der Waals surface area contributed by atoms with Gasteiger partial charge < -0.3 is 19.5 Å². The van der Waals surface area contributed by atoms with Crippen molar-refractivity contribution in [2.75, 3.05) is 18.6 Å². The number of aromatic nitrogens is 2. The molecular weight excluding hydrogens is 332 g/mol. The van der Waals surface area contributed by atoms with E-state index in [1.54, 1.807) is 18.2 Å². The Hall–Kier alpha value is -2.83. The first-order valence-corrected chi connectivity index (χ1v) is 8.84. The summed E-state index contributed by atoms with van der Waals surface area (Å²) in [4.78, 5) is 30.5. The van der Waals surface area contributed by atoms with Crippen LogP contribution >= 0.6 is 0 Å². The van der Waals surface area contributed by atoms with Gasteiger partial charge in [-0.25, -0.2) is 4.98 Å². The fraction of sp³-hybridized carbons (Fsp3) is 0.421. The number of ether oxygens (including phenoxy) is 1. The molecule has 0 radical (unpaired) electrons. The van der Waals surface area contributed by atoms with Crippen LogP contribution in [0.15, 0.2) is 36.7 Å². The monoisotopic (exact) mass is 356 g/mol. The van der Waals surface area contributed by atoms with Crippen molar-refractivity contribution in [2.45, 2.75) is 38.8 Å². The zero-order valence-electron chi connectivity index (χ0n) is 15.1. The van der Waals surface area contributed by atoms with Crippen LogP contribution in [0, 0.1) is 0 Å². The highest BCUT2D eigenvalue weighted by Gasteiger charge is 2.31. The van der Waals surface area contributed by atoms with Gasteiger partial charge in [0.25, 0.3) is 0 Å². The third kappa shape index (κ3) is 4.04. The maximum Gasteiger partial charge on any atom is 0.229 e. The summed E-state index contributed by atoms with van der Waals surface area (Å²) in [7, 11) is 1.60. The van der Waals surface area contributed by atoms with E-state index in [4.69, 9.17) is 4.74 Å². The van der Waals surface area contributed by atoms with Gasteiger partial charge in [-0.2, -0.15) is 0 Å². The second-order valence-corrected chi connectivity index (χ2v) is 6.31. The summed E-state index contributed by atoms with van der Waals surface area (Å²) in [6.45, 7) is 3.11. The summed E-state index contributed by atoms with van der Waals surface area (Å²) < 4.78 is 7.20. The fourth-order valence-electron chi connectivity index (χ4n) is 3.21. The molecule has 1 aliphatic heterocycles. The molecule has 3 rings (SSSR count). The van der Waals surface area contributed by atoms with E-state index in [1.165, 1.54) is 0 Å². The summed E-state index contributed by atoms with van der Waals surface area (Å²) in [6, 6.07) is 7.21. The molecule has 2 amide bonds. The van der Waals surface area contributed by atoms with Gasteiger partial charge in [-0.15, -0.1) is 0 Å². The molecule has 1 aliphatic rings. The molecule has 7 nitrogen and oxygen atoms in total. The maximum atomic E-state index is 12.3. The number of carbonyl (C=O) groups is 2. The number of amides is 2. The Bertz CT molecular complexity index is 787. The number of hydrogen-bond acceptors (Lipinski definition) is 4. The normalized spacial score (nSPS) is 16.8. The number of benzene rings is 1. The molecular formula is C19H24N4O3. The predicted molar refractivity (Wildman–Crippen MR) is 98.1 cm³/mol. The van der Waals surface area contributed by atoms with Crippen LogP contribution in [0.5, 0.6) is 5.75 Å². The van der Waals surface area contributed by atoms with Crippen molar-refractivity contribution in [1.82, 2.24) is 14.9 Å². The molecule has 1 atom stereocenters. The first-order valence-electron chi connectivity index (χ1n) is 8.84. The number of hydrogen-bond donors (Lipinski definition) is 1. The van der Waals surface area contributed by atoms with Gasteiger partial charge in [0.15, 0.2) is 0 Å². The molecule has 0 bridgehead atoms. The number of nitrogens with zero attached hydrogens (tertiary/aromatic N) is 3. The Morgan fingerprint density at radius 3 is 3.04 bits per heavy atom. The third-order valence-electron chi connectivity index (χ3n) is 4.55. The molecule has 26 heavy (non-hydrogen) atoms. The smallest absolute Gasteiger partial charge is 0.229 e. The SMILES string of the molecule is CCc1nccn1CCC(=O)N[C@@H]1CC(=O)N(c2cccc(OC)c2)C1. The first kappa shape index (κ1) is 18.0. The molecule has 2 heterocycles. The van der Waals surface area contributed by atoms with Crippen LogP contribution in [0.4, 0.5) is 5.69 Å². The van der Waals surface area contributed by atoms with Gasteiger partial charge in [-0.05, 0) is 12.1 Å². The summed E-state index contributed by atoms with van der Waals surface area (Å²) in [5.74, 6) is 1.63. The number of rotatable bonds is 7. The highest BCUT2D eigenvalue weighted by atomic mass is 16.5. The predicted octanol–water partition coefficient (Wildman–Crippen LogP) is 1.77. The number of aryl methyl sites for hydroxylation is 2. The summed E-state index contributed by atoms with van der Waals surface area (Å²) >= 11 is 0. The van der Waals surface area contributed by atoms with Gasteiger partial charge in [0.2, 0.25) is 11.8 Å². The van der Waals surface area contributed by atoms with E-state index in [1.807, 2.05) is 42.0 Å². The Balaban J connectivity index is 1.54. The highest BCUT2D eigenvalue weighted by Crippen LogP contribution is 2.25. The maximum absolute atomic E-state index is 12.3. The lowest BCUT2D eigenvalue weighted by molar-refractivity contribution is -0.122. The van der Waals surface area contributed by atoms with Crippen LogP contribution in [0.25, 0.3) is 0 Å². The molecule has 1 N–H and O–H groups in total. The molecule has 1 aromatic carbocycles. The van der Waals surface area contributed by atoms with E-state index >= 15 is 0 Å². The largest absolute Gasteiger partial charge is 0.497 e. The molecule has 0 spiro atoms. The molecule has 138 valence electrons. The second-order valence-electron chi connectivity index (χ2n) is 6.31. The van der Waals surface area contributed by atoms with E-state index in [-0.39, 0.29) is 17.9 Å².